The van der Waals surface area contributed by atoms with Crippen LogP contribution in [-0.2, 0) is 0 Å². The maximum Gasteiger partial charge on any atom is 0.250 e. The maximum absolute atomic E-state index is 11.3. The number of aromatic nitrogens is 1. The van der Waals surface area contributed by atoms with E-state index in [0.29, 0.717) is 5.56 Å². The van der Waals surface area contributed by atoms with Crippen molar-refractivity contribution in [1.29, 1.82) is 0 Å². The van der Waals surface area contributed by atoms with Crippen LogP contribution in [0.1, 0.15) is 32.7 Å². The van der Waals surface area contributed by atoms with Crippen molar-refractivity contribution in [3.8, 4) is 11.3 Å². The number of carbonyl (C=O) groups excluding carboxylic acids is 1. The molecule has 0 aliphatic heterocycles. The largest absolute Gasteiger partial charge is 0.366 e. The first-order valence-corrected chi connectivity index (χ1v) is 5.98. The topological polar surface area (TPSA) is 58.9 Å². The van der Waals surface area contributed by atoms with E-state index in [1.165, 1.54) is 16.7 Å². The Morgan fingerprint density at radius 2 is 1.78 bits per heavy atom. The summed E-state index contributed by atoms with van der Waals surface area (Å²) in [6, 6.07) is 6.00. The highest BCUT2D eigenvalue weighted by molar-refractivity contribution is 5.95. The first kappa shape index (κ1) is 12.4. The molecule has 94 valence electrons. The molecular weight excluding hydrogens is 224 g/mol. The van der Waals surface area contributed by atoms with Crippen molar-refractivity contribution in [1.82, 2.24) is 4.98 Å². The van der Waals surface area contributed by atoms with Crippen molar-refractivity contribution in [2.75, 3.05) is 0 Å². The predicted molar refractivity (Wildman–Crippen MR) is 73.7 cm³/mol. The Kier molecular flexibility index (Phi) is 2.99. The van der Waals surface area contributed by atoms with Crippen LogP contribution in [0.2, 0.25) is 0 Å². The summed E-state index contributed by atoms with van der Waals surface area (Å²) in [5.41, 5.74) is 12.6. The predicted octanol–water partition coefficient (Wildman–Crippen LogP) is 3.01. The quantitative estimate of drug-likeness (QED) is 0.835. The van der Waals surface area contributed by atoms with Crippen LogP contribution in [0.5, 0.6) is 0 Å². The van der Waals surface area contributed by atoms with Gasteiger partial charge in [0.15, 0.2) is 0 Å². The first-order chi connectivity index (χ1) is 8.41. The zero-order valence-electron chi connectivity index (χ0n) is 11.2. The third-order valence-corrected chi connectivity index (χ3v) is 3.63. The lowest BCUT2D eigenvalue weighted by Crippen LogP contribution is -2.10. The molecule has 2 aromatic rings. The van der Waals surface area contributed by atoms with Crippen LogP contribution in [0.25, 0.3) is 11.3 Å². The smallest absolute Gasteiger partial charge is 0.250 e. The number of nitrogens with one attached hydrogen (secondary N) is 1. The summed E-state index contributed by atoms with van der Waals surface area (Å²) in [7, 11) is 0. The van der Waals surface area contributed by atoms with Gasteiger partial charge in [0, 0.05) is 17.0 Å². The van der Waals surface area contributed by atoms with Crippen LogP contribution in [0.4, 0.5) is 0 Å². The number of carbonyl (C=O) groups is 1. The van der Waals surface area contributed by atoms with Gasteiger partial charge in [-0.2, -0.15) is 0 Å². The van der Waals surface area contributed by atoms with Gasteiger partial charge in [0.05, 0.1) is 5.56 Å². The molecule has 3 nitrogen and oxygen atoms in total. The van der Waals surface area contributed by atoms with Crippen molar-refractivity contribution in [3.63, 3.8) is 0 Å². The van der Waals surface area contributed by atoms with E-state index >= 15 is 0 Å². The molecule has 1 aromatic heterocycles. The fraction of sp³-hybridized carbons (Fsp3) is 0.267. The number of H-pyrrole nitrogens is 1. The van der Waals surface area contributed by atoms with Crippen molar-refractivity contribution in [3.05, 3.63) is 46.1 Å². The molecule has 0 spiro atoms. The van der Waals surface area contributed by atoms with E-state index in [9.17, 15) is 4.79 Å². The fourth-order valence-electron chi connectivity index (χ4n) is 2.21. The number of amides is 1. The minimum absolute atomic E-state index is 0.392. The molecule has 0 radical (unpaired) electrons. The molecule has 18 heavy (non-hydrogen) atoms. The van der Waals surface area contributed by atoms with Gasteiger partial charge in [-0.05, 0) is 50.5 Å². The van der Waals surface area contributed by atoms with Gasteiger partial charge in [-0.25, -0.2) is 0 Å². The van der Waals surface area contributed by atoms with Crippen LogP contribution in [-0.4, -0.2) is 10.9 Å². The standard InChI is InChI=1S/C15H18N2O/c1-8-5-6-12(10(3)9(8)2)14-7-13(15(16)18)11(4)17-14/h5-7,17H,1-4H3,(H2,16,18). The Labute approximate surface area is 107 Å². The van der Waals surface area contributed by atoms with Crippen molar-refractivity contribution < 1.29 is 4.79 Å². The number of hydrogen-bond acceptors (Lipinski definition) is 1. The van der Waals surface area contributed by atoms with Crippen LogP contribution in [0, 0.1) is 27.7 Å². The molecule has 0 bridgehead atoms. The Balaban J connectivity index is 2.60. The highest BCUT2D eigenvalue weighted by Gasteiger charge is 2.13. The van der Waals surface area contributed by atoms with E-state index in [0.717, 1.165) is 17.0 Å². The first-order valence-electron chi connectivity index (χ1n) is 5.98. The molecule has 1 heterocycles. The van der Waals surface area contributed by atoms with Crippen LogP contribution < -0.4 is 5.73 Å². The summed E-state index contributed by atoms with van der Waals surface area (Å²) in [5, 5.41) is 0. The van der Waals surface area contributed by atoms with E-state index in [1.807, 2.05) is 13.0 Å². The van der Waals surface area contributed by atoms with Crippen LogP contribution in [0.15, 0.2) is 18.2 Å². The Morgan fingerprint density at radius 1 is 1.11 bits per heavy atom. The zero-order chi connectivity index (χ0) is 13.4. The van der Waals surface area contributed by atoms with Crippen molar-refractivity contribution in [2.45, 2.75) is 27.7 Å². The molecule has 3 N–H and O–H groups in total. The molecule has 0 aliphatic carbocycles. The summed E-state index contributed by atoms with van der Waals surface area (Å²) in [5.74, 6) is -0.392. The van der Waals surface area contributed by atoms with E-state index in [1.54, 1.807) is 0 Å². The highest BCUT2D eigenvalue weighted by atomic mass is 16.1. The van der Waals surface area contributed by atoms with Crippen molar-refractivity contribution >= 4 is 5.91 Å². The summed E-state index contributed by atoms with van der Waals surface area (Å²) in [6.07, 6.45) is 0. The van der Waals surface area contributed by atoms with Crippen LogP contribution in [0.3, 0.4) is 0 Å². The third-order valence-electron chi connectivity index (χ3n) is 3.63. The summed E-state index contributed by atoms with van der Waals surface area (Å²) in [4.78, 5) is 14.5. The Bertz CT molecular complexity index is 624. The van der Waals surface area contributed by atoms with Crippen LogP contribution >= 0.6 is 0 Å². The second kappa shape index (κ2) is 4.33. The zero-order valence-corrected chi connectivity index (χ0v) is 11.2. The SMILES string of the molecule is Cc1ccc(-c2cc(C(N)=O)c(C)[nH]2)c(C)c1C. The molecule has 0 saturated carbocycles. The lowest BCUT2D eigenvalue weighted by molar-refractivity contribution is 0.1000. The number of hydrogen-bond donors (Lipinski definition) is 2. The van der Waals surface area contributed by atoms with E-state index in [2.05, 4.69) is 37.9 Å². The number of nitrogens with two attached hydrogens (primary N) is 1. The molecule has 0 fully saturated rings. The Hall–Kier alpha value is -2.03. The maximum atomic E-state index is 11.3. The molecule has 1 amide bonds. The average Bonchev–Trinajstić information content (AvgIpc) is 2.68. The van der Waals surface area contributed by atoms with E-state index in [-0.39, 0.29) is 0 Å². The molecule has 2 rings (SSSR count). The second-order valence-corrected chi connectivity index (χ2v) is 4.77. The number of aryl methyl sites for hydroxylation is 2. The number of aromatic amines is 1. The average molecular weight is 242 g/mol. The molecule has 0 unspecified atom stereocenters. The van der Waals surface area contributed by atoms with Gasteiger partial charge in [0.2, 0.25) is 0 Å². The summed E-state index contributed by atoms with van der Waals surface area (Å²) in [6.45, 7) is 8.16. The third kappa shape index (κ3) is 1.92. The van der Waals surface area contributed by atoms with Crippen molar-refractivity contribution in [2.24, 2.45) is 5.73 Å². The highest BCUT2D eigenvalue weighted by Crippen LogP contribution is 2.28. The van der Waals surface area contributed by atoms with Gasteiger partial charge in [-0.15, -0.1) is 0 Å². The molecular formula is C15H18N2O. The summed E-state index contributed by atoms with van der Waals surface area (Å²) < 4.78 is 0. The van der Waals surface area contributed by atoms with E-state index < -0.39 is 5.91 Å². The Morgan fingerprint density at radius 3 is 2.33 bits per heavy atom. The molecule has 1 aromatic carbocycles. The van der Waals surface area contributed by atoms with Gasteiger partial charge >= 0.3 is 0 Å². The van der Waals surface area contributed by atoms with Gasteiger partial charge < -0.3 is 10.7 Å². The molecule has 3 heteroatoms. The van der Waals surface area contributed by atoms with Gasteiger partial charge in [-0.1, -0.05) is 12.1 Å². The molecule has 0 aliphatic rings. The lowest BCUT2D eigenvalue weighted by Gasteiger charge is -2.09. The summed E-state index contributed by atoms with van der Waals surface area (Å²) >= 11 is 0. The normalized spacial score (nSPS) is 10.7. The minimum Gasteiger partial charge on any atom is -0.366 e. The molecule has 0 atom stereocenters. The fourth-order valence-corrected chi connectivity index (χ4v) is 2.21. The van der Waals surface area contributed by atoms with Gasteiger partial charge in [0.25, 0.3) is 5.91 Å². The number of primary amides is 1. The monoisotopic (exact) mass is 242 g/mol. The molecule has 0 saturated heterocycles. The minimum atomic E-state index is -0.392. The number of rotatable bonds is 2. The van der Waals surface area contributed by atoms with E-state index in [4.69, 9.17) is 5.73 Å². The number of benzene rings is 1. The van der Waals surface area contributed by atoms with Gasteiger partial charge in [-0.3, -0.25) is 4.79 Å². The van der Waals surface area contributed by atoms with Gasteiger partial charge in [0.1, 0.15) is 0 Å². The lowest BCUT2D eigenvalue weighted by atomic mass is 9.97. The second-order valence-electron chi connectivity index (χ2n) is 4.77.